The maximum atomic E-state index is 14.6. The zero-order valence-electron chi connectivity index (χ0n) is 45.3. The summed E-state index contributed by atoms with van der Waals surface area (Å²) in [6.07, 6.45) is -8.64. The first-order valence-electron chi connectivity index (χ1n) is 25.8. The number of esters is 1. The van der Waals surface area contributed by atoms with Gasteiger partial charge < -0.3 is 74.6 Å². The molecule has 3 aliphatic rings. The number of aliphatic hydroxyl groups is 5. The fraction of sp³-hybridized carbons (Fsp3) is 0.722. The first-order valence-corrected chi connectivity index (χ1v) is 25.8. The number of carbonyl (C=O) groups is 3. The Morgan fingerprint density at radius 3 is 2.16 bits per heavy atom. The number of aliphatic hydroxyl groups excluding tert-OH is 3. The van der Waals surface area contributed by atoms with Gasteiger partial charge >= 0.3 is 12.0 Å². The summed E-state index contributed by atoms with van der Waals surface area (Å²) in [5.74, 6) is -2.90. The topological polar surface area (TPSA) is 259 Å². The Morgan fingerprint density at radius 2 is 1.55 bits per heavy atom. The lowest BCUT2D eigenvalue weighted by Gasteiger charge is -2.48. The summed E-state index contributed by atoms with van der Waals surface area (Å²) in [4.78, 5) is 40.2. The minimum absolute atomic E-state index is 0.0973. The second-order valence-corrected chi connectivity index (χ2v) is 21.5. The number of nitrogens with one attached hydrogen (secondary N) is 2. The second kappa shape index (κ2) is 27.3. The third-order valence-corrected chi connectivity index (χ3v) is 15.2. The number of anilines is 1. The first-order chi connectivity index (χ1) is 34.3. The number of benzene rings is 2. The van der Waals surface area contributed by atoms with Crippen LogP contribution < -0.4 is 10.6 Å². The lowest BCUT2D eigenvalue weighted by molar-refractivity contribution is -0.318. The number of methoxy groups -OCH3 is 1. The number of carbonyl (C=O) groups excluding carboxylic acids is 2. The van der Waals surface area contributed by atoms with Crippen molar-refractivity contribution in [2.75, 3.05) is 46.2 Å². The highest BCUT2D eigenvalue weighted by atomic mass is 16.7. The molecule has 0 radical (unpaired) electrons. The molecule has 3 fully saturated rings. The molecule has 19 nitrogen and oxygen atoms in total. The molecule has 3 aliphatic heterocycles. The van der Waals surface area contributed by atoms with Crippen molar-refractivity contribution in [2.24, 2.45) is 17.8 Å². The molecule has 0 aromatic heterocycles. The van der Waals surface area contributed by atoms with E-state index in [1.54, 1.807) is 41.5 Å². The van der Waals surface area contributed by atoms with Gasteiger partial charge in [0.1, 0.15) is 30.0 Å². The normalized spacial score (nSPS) is 38.2. The van der Waals surface area contributed by atoms with Crippen LogP contribution >= 0.6 is 0 Å². The molecule has 19 heteroatoms. The van der Waals surface area contributed by atoms with Gasteiger partial charge in [-0.25, -0.2) is 4.79 Å². The molecule has 0 bridgehead atoms. The largest absolute Gasteiger partial charge is 0.483 e. The van der Waals surface area contributed by atoms with E-state index in [0.29, 0.717) is 31.6 Å². The summed E-state index contributed by atoms with van der Waals surface area (Å²) in [5, 5.41) is 73.0. The van der Waals surface area contributed by atoms with E-state index in [1.807, 2.05) is 99.3 Å². The van der Waals surface area contributed by atoms with E-state index in [2.05, 4.69) is 10.6 Å². The van der Waals surface area contributed by atoms with Crippen molar-refractivity contribution in [3.8, 4) is 11.1 Å². The fourth-order valence-corrected chi connectivity index (χ4v) is 11.0. The second-order valence-electron chi connectivity index (χ2n) is 21.5. The van der Waals surface area contributed by atoms with Gasteiger partial charge in [-0.05, 0) is 106 Å². The van der Waals surface area contributed by atoms with Crippen molar-refractivity contribution in [1.82, 2.24) is 15.1 Å². The van der Waals surface area contributed by atoms with Crippen LogP contribution in [0.2, 0.25) is 0 Å². The van der Waals surface area contributed by atoms with Gasteiger partial charge in [0.15, 0.2) is 12.6 Å². The number of amides is 2. The van der Waals surface area contributed by atoms with Crippen molar-refractivity contribution in [1.29, 1.82) is 0 Å². The van der Waals surface area contributed by atoms with Gasteiger partial charge in [-0.15, -0.1) is 0 Å². The van der Waals surface area contributed by atoms with E-state index in [9.17, 15) is 35.1 Å². The van der Waals surface area contributed by atoms with Crippen LogP contribution in [0.25, 0.3) is 11.1 Å². The first kappa shape index (κ1) is 61.7. The predicted octanol–water partition coefficient (Wildman–Crippen LogP) is 4.85. The minimum Gasteiger partial charge on any atom is -0.483 e. The van der Waals surface area contributed by atoms with Crippen LogP contribution in [0.3, 0.4) is 0 Å². The molecule has 73 heavy (non-hydrogen) atoms. The molecule has 0 spiro atoms. The lowest BCUT2D eigenvalue weighted by atomic mass is 9.77. The molecular weight excluding hydrogens is 945 g/mol. The Labute approximate surface area is 432 Å². The predicted molar refractivity (Wildman–Crippen MR) is 275 cm³/mol. The van der Waals surface area contributed by atoms with Crippen LogP contribution in [-0.4, -0.2) is 190 Å². The Bertz CT molecular complexity index is 2010. The highest BCUT2D eigenvalue weighted by Gasteiger charge is 2.53. The van der Waals surface area contributed by atoms with Gasteiger partial charge in [-0.3, -0.25) is 14.5 Å². The van der Waals surface area contributed by atoms with E-state index < -0.39 is 96.0 Å². The van der Waals surface area contributed by atoms with Crippen molar-refractivity contribution in [3.63, 3.8) is 0 Å². The van der Waals surface area contributed by atoms with Crippen molar-refractivity contribution < 1.29 is 73.4 Å². The van der Waals surface area contributed by atoms with Gasteiger partial charge in [0, 0.05) is 56.7 Å². The zero-order chi connectivity index (χ0) is 54.6. The van der Waals surface area contributed by atoms with E-state index in [0.717, 1.165) is 11.1 Å². The molecule has 3 heterocycles. The molecule has 414 valence electrons. The monoisotopic (exact) mass is 1030 g/mol. The standard InChI is InChI=1S/C53H86N4O13.CH2O2/c1-14-41-53(10,64)45(59)35(6)57(26-20-25-54-50(62)55-39-24-19-18-23-38(39)37-21-16-15-17-22-37)30-31(2)28-51(8,63)47(70-49-43(58)40(56(11)12)27-32(3)66-49)33(4)44(34(5)48(61)68-41)69-42-29-52(9,65-13)46(60)36(7)67-42;2-1-3/h15-19,21-24,31-36,40-47,49,58-60,63-64H,14,20,25-30H2,1-13H3,(H2,54,55,62);1H,(H,2,3)/t31-,32-,33+,34-,35-,36+,40+,41-,42+,43-,44+,45-,46+,47-,49+,51-,52-,53-;/m1./s1. The molecule has 2 aromatic carbocycles. The number of cyclic esters (lactones) is 1. The van der Waals surface area contributed by atoms with E-state index >= 15 is 0 Å². The third-order valence-electron chi connectivity index (χ3n) is 15.2. The van der Waals surface area contributed by atoms with Crippen LogP contribution in [0, 0.1) is 17.8 Å². The van der Waals surface area contributed by atoms with Gasteiger partial charge in [0.2, 0.25) is 0 Å². The number of para-hydroxylation sites is 1. The molecule has 0 unspecified atom stereocenters. The summed E-state index contributed by atoms with van der Waals surface area (Å²) in [6, 6.07) is 16.0. The molecule has 2 amide bonds. The van der Waals surface area contributed by atoms with Gasteiger partial charge in [0.25, 0.3) is 6.47 Å². The number of carboxylic acid groups (broad SMARTS) is 1. The number of rotatable bonds is 13. The smallest absolute Gasteiger partial charge is 0.319 e. The fourth-order valence-electron chi connectivity index (χ4n) is 11.0. The van der Waals surface area contributed by atoms with Gasteiger partial charge in [0.05, 0.1) is 47.2 Å². The van der Waals surface area contributed by atoms with Crippen molar-refractivity contribution in [3.05, 3.63) is 54.6 Å². The maximum absolute atomic E-state index is 14.6. The Morgan fingerprint density at radius 1 is 0.918 bits per heavy atom. The van der Waals surface area contributed by atoms with Crippen LogP contribution in [0.4, 0.5) is 10.5 Å². The maximum Gasteiger partial charge on any atom is 0.319 e. The van der Waals surface area contributed by atoms with Crippen molar-refractivity contribution >= 4 is 24.2 Å². The summed E-state index contributed by atoms with van der Waals surface area (Å²) < 4.78 is 38.1. The number of hydrogen-bond donors (Lipinski definition) is 8. The highest BCUT2D eigenvalue weighted by Crippen LogP contribution is 2.40. The highest BCUT2D eigenvalue weighted by molar-refractivity contribution is 5.94. The van der Waals surface area contributed by atoms with Crippen molar-refractivity contribution in [2.45, 2.75) is 192 Å². The van der Waals surface area contributed by atoms with Crippen LogP contribution in [-0.2, 0) is 38.0 Å². The Kier molecular flexibility index (Phi) is 23.1. The number of urea groups is 1. The van der Waals surface area contributed by atoms with Gasteiger partial charge in [-0.2, -0.15) is 0 Å². The number of nitrogens with zero attached hydrogens (tertiary/aromatic N) is 2. The van der Waals surface area contributed by atoms with E-state index in [-0.39, 0.29) is 56.4 Å². The number of likely N-dealkylation sites (N-methyl/N-ethyl adjacent to an activating group) is 1. The molecular formula is C54H88N4O15. The third kappa shape index (κ3) is 15.9. The molecule has 2 aromatic rings. The molecule has 8 N–H and O–H groups in total. The van der Waals surface area contributed by atoms with Crippen LogP contribution in [0.5, 0.6) is 0 Å². The molecule has 3 saturated heterocycles. The molecule has 5 rings (SSSR count). The van der Waals surface area contributed by atoms with Gasteiger partial charge in [-0.1, -0.05) is 69.3 Å². The van der Waals surface area contributed by atoms with E-state index in [1.165, 1.54) is 14.0 Å². The average molecular weight is 1030 g/mol. The lowest BCUT2D eigenvalue weighted by Crippen LogP contribution is -2.60. The molecule has 18 atom stereocenters. The zero-order valence-corrected chi connectivity index (χ0v) is 45.3. The Hall–Kier alpha value is -3.83. The summed E-state index contributed by atoms with van der Waals surface area (Å²) >= 11 is 0. The molecule has 0 aliphatic carbocycles. The number of ether oxygens (including phenoxy) is 6. The summed E-state index contributed by atoms with van der Waals surface area (Å²) in [7, 11) is 5.26. The van der Waals surface area contributed by atoms with Crippen LogP contribution in [0.15, 0.2) is 54.6 Å². The summed E-state index contributed by atoms with van der Waals surface area (Å²) in [6.45, 7) is 18.3. The SMILES string of the molecule is CC[C@H]1OC(=O)[C@H](C)[C@@H](O[C@H]2C[C@@](C)(OC)[C@@H](O)[C@H](C)O2)[C@H](C)[C@@H](O[C@@H]2O[C@H](C)C[C@H](N(C)C)[C@H]2O)[C@](C)(O)C[C@@H](C)CN(CCCNC(=O)Nc2ccccc2-c2ccccc2)[C@H](C)[C@@H](O)[C@]1(C)O.O=CO. The van der Waals surface area contributed by atoms with E-state index in [4.69, 9.17) is 38.3 Å². The van der Waals surface area contributed by atoms with Crippen LogP contribution in [0.1, 0.15) is 101 Å². The summed E-state index contributed by atoms with van der Waals surface area (Å²) in [5.41, 5.74) is -2.15. The molecule has 0 saturated carbocycles. The number of hydrogen-bond acceptors (Lipinski definition) is 16. The minimum atomic E-state index is -1.93. The quantitative estimate of drug-likeness (QED) is 0.0758. The average Bonchev–Trinajstić information content (AvgIpc) is 3.34. The Balaban J connectivity index is 0.00000375.